The third kappa shape index (κ3) is 3.12. The van der Waals surface area contributed by atoms with Crippen LogP contribution in [0.3, 0.4) is 0 Å². The summed E-state index contributed by atoms with van der Waals surface area (Å²) in [6, 6.07) is 0. The minimum Gasteiger partial charge on any atom is -0.485 e. The first-order valence-electron chi connectivity index (χ1n) is 5.94. The van der Waals surface area contributed by atoms with Crippen LogP contribution in [0.1, 0.15) is 44.0 Å². The van der Waals surface area contributed by atoms with Crippen LogP contribution in [0.4, 0.5) is 0 Å². The molecule has 1 fully saturated rings. The van der Waals surface area contributed by atoms with Gasteiger partial charge in [-0.15, -0.1) is 0 Å². The number of nitrogens with zero attached hydrogens (tertiary/aromatic N) is 1. The number of rotatable bonds is 4. The summed E-state index contributed by atoms with van der Waals surface area (Å²) in [5, 5.41) is 9.16. The summed E-state index contributed by atoms with van der Waals surface area (Å²) < 4.78 is 11.4. The molecule has 1 aromatic rings. The molecule has 0 bridgehead atoms. The van der Waals surface area contributed by atoms with Crippen molar-refractivity contribution in [1.82, 2.24) is 4.98 Å². The molecular weight excluding hydrogens is 234 g/mol. The minimum absolute atomic E-state index is 0.0306. The molecular formula is C13H17NO4. The van der Waals surface area contributed by atoms with Crippen molar-refractivity contribution in [3.63, 3.8) is 0 Å². The molecule has 1 N–H and O–H groups in total. The molecule has 5 heteroatoms. The standard InChI is InChI=1S/C13H17NO4/c1-13(2,3)18-11-9(12(15)16)6-14-7-10(11)17-8-4-5-8/h6-8H,4-5H2,1-3H3,(H,15,16). The summed E-state index contributed by atoms with van der Waals surface area (Å²) in [6.07, 6.45) is 4.94. The first kappa shape index (κ1) is 12.7. The summed E-state index contributed by atoms with van der Waals surface area (Å²) in [7, 11) is 0. The fourth-order valence-electron chi connectivity index (χ4n) is 1.44. The maximum absolute atomic E-state index is 11.2. The zero-order valence-corrected chi connectivity index (χ0v) is 10.8. The van der Waals surface area contributed by atoms with Crippen LogP contribution in [-0.2, 0) is 0 Å². The van der Waals surface area contributed by atoms with Gasteiger partial charge in [-0.25, -0.2) is 4.79 Å². The third-order valence-electron chi connectivity index (χ3n) is 2.32. The monoisotopic (exact) mass is 251 g/mol. The molecule has 1 aliphatic carbocycles. The van der Waals surface area contributed by atoms with E-state index in [2.05, 4.69) is 4.98 Å². The van der Waals surface area contributed by atoms with E-state index in [-0.39, 0.29) is 17.4 Å². The summed E-state index contributed by atoms with van der Waals surface area (Å²) in [4.78, 5) is 15.1. The average molecular weight is 251 g/mol. The van der Waals surface area contributed by atoms with Crippen LogP contribution in [-0.4, -0.2) is 27.8 Å². The minimum atomic E-state index is -1.07. The fraction of sp³-hybridized carbons (Fsp3) is 0.538. The lowest BCUT2D eigenvalue weighted by Gasteiger charge is -2.24. The highest BCUT2D eigenvalue weighted by atomic mass is 16.5. The largest absolute Gasteiger partial charge is 0.485 e. The van der Waals surface area contributed by atoms with Crippen LogP contribution >= 0.6 is 0 Å². The van der Waals surface area contributed by atoms with Crippen LogP contribution in [0.15, 0.2) is 12.4 Å². The number of aromatic carboxylic acids is 1. The molecule has 0 atom stereocenters. The molecule has 1 heterocycles. The van der Waals surface area contributed by atoms with E-state index in [1.165, 1.54) is 12.4 Å². The first-order valence-corrected chi connectivity index (χ1v) is 5.94. The molecule has 1 saturated carbocycles. The van der Waals surface area contributed by atoms with Crippen molar-refractivity contribution >= 4 is 5.97 Å². The van der Waals surface area contributed by atoms with E-state index < -0.39 is 11.6 Å². The zero-order chi connectivity index (χ0) is 13.3. The second-order valence-electron chi connectivity index (χ2n) is 5.35. The Hall–Kier alpha value is -1.78. The molecule has 0 radical (unpaired) electrons. The summed E-state index contributed by atoms with van der Waals surface area (Å²) in [5.74, 6) is -0.396. The molecule has 18 heavy (non-hydrogen) atoms. The van der Waals surface area contributed by atoms with Crippen LogP contribution in [0.5, 0.6) is 11.5 Å². The van der Waals surface area contributed by atoms with Gasteiger partial charge in [0.1, 0.15) is 11.2 Å². The van der Waals surface area contributed by atoms with E-state index in [0.717, 1.165) is 12.8 Å². The highest BCUT2D eigenvalue weighted by molar-refractivity contribution is 5.91. The fourth-order valence-corrected chi connectivity index (χ4v) is 1.44. The quantitative estimate of drug-likeness (QED) is 0.890. The van der Waals surface area contributed by atoms with Gasteiger partial charge in [-0.3, -0.25) is 4.98 Å². The Kier molecular flexibility index (Phi) is 3.15. The lowest BCUT2D eigenvalue weighted by atomic mass is 10.1. The Morgan fingerprint density at radius 3 is 2.56 bits per heavy atom. The molecule has 1 aliphatic rings. The Labute approximate surface area is 106 Å². The van der Waals surface area contributed by atoms with Gasteiger partial charge in [0.25, 0.3) is 0 Å². The van der Waals surface area contributed by atoms with E-state index in [9.17, 15) is 4.79 Å². The second-order valence-corrected chi connectivity index (χ2v) is 5.35. The number of carboxylic acid groups (broad SMARTS) is 1. The van der Waals surface area contributed by atoms with Crippen LogP contribution in [0, 0.1) is 0 Å². The van der Waals surface area contributed by atoms with Gasteiger partial charge in [-0.1, -0.05) is 0 Å². The predicted molar refractivity (Wildman–Crippen MR) is 65.2 cm³/mol. The molecule has 98 valence electrons. The highest BCUT2D eigenvalue weighted by Gasteiger charge is 2.28. The maximum atomic E-state index is 11.2. The van der Waals surface area contributed by atoms with Crippen LogP contribution < -0.4 is 9.47 Å². The Morgan fingerprint density at radius 2 is 2.06 bits per heavy atom. The summed E-state index contributed by atoms with van der Waals surface area (Å²) >= 11 is 0. The zero-order valence-electron chi connectivity index (χ0n) is 10.8. The number of hydrogen-bond acceptors (Lipinski definition) is 4. The maximum Gasteiger partial charge on any atom is 0.341 e. The van der Waals surface area contributed by atoms with Crippen molar-refractivity contribution < 1.29 is 19.4 Å². The Morgan fingerprint density at radius 1 is 1.39 bits per heavy atom. The molecule has 0 aliphatic heterocycles. The number of ether oxygens (including phenoxy) is 2. The van der Waals surface area contributed by atoms with Gasteiger partial charge in [-0.05, 0) is 33.6 Å². The third-order valence-corrected chi connectivity index (χ3v) is 2.32. The Balaban J connectivity index is 2.37. The number of carbonyl (C=O) groups is 1. The van der Waals surface area contributed by atoms with Gasteiger partial charge in [0.05, 0.1) is 12.3 Å². The summed E-state index contributed by atoms with van der Waals surface area (Å²) in [5.41, 5.74) is -0.462. The van der Waals surface area contributed by atoms with Crippen molar-refractivity contribution in [1.29, 1.82) is 0 Å². The van der Waals surface area contributed by atoms with Crippen LogP contribution in [0.25, 0.3) is 0 Å². The van der Waals surface area contributed by atoms with Gasteiger partial charge in [0, 0.05) is 6.20 Å². The van der Waals surface area contributed by atoms with Gasteiger partial charge in [0.15, 0.2) is 11.5 Å². The van der Waals surface area contributed by atoms with E-state index in [4.69, 9.17) is 14.6 Å². The lowest BCUT2D eigenvalue weighted by molar-refractivity contribution is 0.0676. The molecule has 0 aromatic carbocycles. The van der Waals surface area contributed by atoms with E-state index >= 15 is 0 Å². The molecule has 1 aromatic heterocycles. The van der Waals surface area contributed by atoms with Crippen molar-refractivity contribution in [3.8, 4) is 11.5 Å². The summed E-state index contributed by atoms with van der Waals surface area (Å²) in [6.45, 7) is 5.58. The Bertz CT molecular complexity index is 461. The SMILES string of the molecule is CC(C)(C)Oc1c(OC2CC2)cncc1C(=O)O. The van der Waals surface area contributed by atoms with Gasteiger partial charge < -0.3 is 14.6 Å². The van der Waals surface area contributed by atoms with Crippen molar-refractivity contribution in [2.75, 3.05) is 0 Å². The predicted octanol–water partition coefficient (Wildman–Crippen LogP) is 2.50. The second kappa shape index (κ2) is 4.48. The number of hydrogen-bond donors (Lipinski definition) is 1. The van der Waals surface area contributed by atoms with E-state index in [0.29, 0.717) is 5.75 Å². The molecule has 5 nitrogen and oxygen atoms in total. The van der Waals surface area contributed by atoms with Crippen LogP contribution in [0.2, 0.25) is 0 Å². The lowest BCUT2D eigenvalue weighted by Crippen LogP contribution is -2.25. The molecule has 0 unspecified atom stereocenters. The molecule has 0 amide bonds. The normalized spacial score (nSPS) is 15.3. The first-order chi connectivity index (χ1) is 8.37. The van der Waals surface area contributed by atoms with Crippen molar-refractivity contribution in [2.24, 2.45) is 0 Å². The van der Waals surface area contributed by atoms with Crippen molar-refractivity contribution in [3.05, 3.63) is 18.0 Å². The average Bonchev–Trinajstić information content (AvgIpc) is 3.02. The number of carboxylic acids is 1. The number of pyridine rings is 1. The molecule has 0 saturated heterocycles. The van der Waals surface area contributed by atoms with Gasteiger partial charge in [-0.2, -0.15) is 0 Å². The molecule has 0 spiro atoms. The molecule has 2 rings (SSSR count). The van der Waals surface area contributed by atoms with Crippen molar-refractivity contribution in [2.45, 2.75) is 45.3 Å². The van der Waals surface area contributed by atoms with E-state index in [1.54, 1.807) is 0 Å². The highest BCUT2D eigenvalue weighted by Crippen LogP contribution is 2.37. The van der Waals surface area contributed by atoms with Gasteiger partial charge >= 0.3 is 5.97 Å². The van der Waals surface area contributed by atoms with E-state index in [1.807, 2.05) is 20.8 Å². The smallest absolute Gasteiger partial charge is 0.341 e. The topological polar surface area (TPSA) is 68.7 Å². The number of aromatic nitrogens is 1. The van der Waals surface area contributed by atoms with Gasteiger partial charge in [0.2, 0.25) is 0 Å².